The van der Waals surface area contributed by atoms with Gasteiger partial charge in [0.25, 0.3) is 0 Å². The number of aliphatic hydroxyl groups excluding tert-OH is 3. The number of hydrogen-bond donors (Lipinski definition) is 4. The zero-order valence-electron chi connectivity index (χ0n) is 14.1. The second kappa shape index (κ2) is 8.10. The summed E-state index contributed by atoms with van der Waals surface area (Å²) >= 11 is 0. The zero-order chi connectivity index (χ0) is 17.9. The van der Waals surface area contributed by atoms with Gasteiger partial charge in [-0.05, 0) is 43.1 Å². The van der Waals surface area contributed by atoms with Gasteiger partial charge in [-0.1, -0.05) is 37.3 Å². The second-order valence-corrected chi connectivity index (χ2v) is 7.21. The molecule has 6 atom stereocenters. The minimum atomic E-state index is -1.07. The fraction of sp³-hybridized carbons (Fsp3) is 0.632. The van der Waals surface area contributed by atoms with Crippen molar-refractivity contribution >= 4 is 5.97 Å². The molecule has 0 spiro atoms. The molecule has 2 aliphatic carbocycles. The molecule has 0 saturated heterocycles. The summed E-state index contributed by atoms with van der Waals surface area (Å²) in [5, 5.41) is 38.8. The van der Waals surface area contributed by atoms with E-state index in [9.17, 15) is 20.1 Å². The number of rotatable bonds is 7. The first-order valence-electron chi connectivity index (χ1n) is 8.62. The molecule has 0 fully saturated rings. The molecule has 5 nitrogen and oxygen atoms in total. The largest absolute Gasteiger partial charge is 0.481 e. The van der Waals surface area contributed by atoms with Crippen LogP contribution in [0.3, 0.4) is 0 Å². The number of fused-ring (bicyclic) bond motifs is 1. The number of aliphatic hydroxyl groups is 3. The molecule has 0 radical (unpaired) electrons. The van der Waals surface area contributed by atoms with Crippen LogP contribution in [-0.4, -0.2) is 44.7 Å². The summed E-state index contributed by atoms with van der Waals surface area (Å²) in [5.74, 6) is -0.653. The molecular formula is C19H28O5. The van der Waals surface area contributed by atoms with Crippen LogP contribution in [0.5, 0.6) is 0 Å². The highest BCUT2D eigenvalue weighted by Gasteiger charge is 2.37. The Morgan fingerprint density at radius 3 is 2.71 bits per heavy atom. The van der Waals surface area contributed by atoms with E-state index < -0.39 is 24.3 Å². The number of carboxylic acids is 1. The molecule has 4 N–H and O–H groups in total. The Labute approximate surface area is 143 Å². The Morgan fingerprint density at radius 2 is 2.04 bits per heavy atom. The van der Waals surface area contributed by atoms with E-state index in [1.54, 1.807) is 0 Å². The van der Waals surface area contributed by atoms with Gasteiger partial charge < -0.3 is 20.4 Å². The smallest absolute Gasteiger partial charge is 0.305 e. The van der Waals surface area contributed by atoms with Gasteiger partial charge in [0, 0.05) is 5.92 Å². The van der Waals surface area contributed by atoms with E-state index >= 15 is 0 Å². The van der Waals surface area contributed by atoms with Crippen LogP contribution in [0.4, 0.5) is 0 Å². The summed E-state index contributed by atoms with van der Waals surface area (Å²) in [7, 11) is 0. The lowest BCUT2D eigenvalue weighted by Crippen LogP contribution is -2.36. The molecule has 0 bridgehead atoms. The van der Waals surface area contributed by atoms with E-state index in [4.69, 9.17) is 5.11 Å². The number of carboxylic acid groups (broad SMARTS) is 1. The van der Waals surface area contributed by atoms with E-state index in [0.717, 1.165) is 17.6 Å². The summed E-state index contributed by atoms with van der Waals surface area (Å²) in [4.78, 5) is 10.6. The van der Waals surface area contributed by atoms with Crippen molar-refractivity contribution in [2.75, 3.05) is 0 Å². The van der Waals surface area contributed by atoms with Crippen LogP contribution in [-0.2, 0) is 4.79 Å². The predicted molar refractivity (Wildman–Crippen MR) is 91.2 cm³/mol. The molecule has 0 aromatic heterocycles. The first-order chi connectivity index (χ1) is 11.3. The van der Waals surface area contributed by atoms with Crippen LogP contribution in [0.2, 0.25) is 0 Å². The molecule has 0 aromatic carbocycles. The Hall–Kier alpha value is -1.43. The molecular weight excluding hydrogens is 308 g/mol. The minimum Gasteiger partial charge on any atom is -0.481 e. The highest BCUT2D eigenvalue weighted by molar-refractivity contribution is 5.67. The SMILES string of the molecule is C=C1C=CC2=C[C@H](C)C[C@H](O)C2[C@H]1CC[C@@H](O)C[C@@H](O)CC(=O)O. The fourth-order valence-electron chi connectivity index (χ4n) is 3.94. The lowest BCUT2D eigenvalue weighted by molar-refractivity contribution is -0.139. The van der Waals surface area contributed by atoms with Crippen molar-refractivity contribution in [3.05, 3.63) is 36.0 Å². The third kappa shape index (κ3) is 4.79. The number of allylic oxidation sites excluding steroid dienone is 4. The molecule has 24 heavy (non-hydrogen) atoms. The molecule has 1 unspecified atom stereocenters. The lowest BCUT2D eigenvalue weighted by Gasteiger charge is -2.40. The number of hydrogen-bond acceptors (Lipinski definition) is 4. The Bertz CT molecular complexity index is 536. The Balaban J connectivity index is 1.96. The molecule has 0 amide bonds. The van der Waals surface area contributed by atoms with Gasteiger partial charge >= 0.3 is 5.97 Å². The summed E-state index contributed by atoms with van der Waals surface area (Å²) in [6.07, 6.45) is 5.49. The van der Waals surface area contributed by atoms with Crippen LogP contribution in [0.15, 0.2) is 36.0 Å². The highest BCUT2D eigenvalue weighted by Crippen LogP contribution is 2.43. The third-order valence-corrected chi connectivity index (χ3v) is 5.05. The third-order valence-electron chi connectivity index (χ3n) is 5.05. The van der Waals surface area contributed by atoms with Crippen LogP contribution < -0.4 is 0 Å². The van der Waals surface area contributed by atoms with Gasteiger partial charge in [-0.3, -0.25) is 4.79 Å². The first kappa shape index (κ1) is 18.9. The van der Waals surface area contributed by atoms with Gasteiger partial charge in [0.1, 0.15) is 0 Å². The van der Waals surface area contributed by atoms with E-state index in [0.29, 0.717) is 18.8 Å². The average molecular weight is 336 g/mol. The Kier molecular flexibility index (Phi) is 6.38. The molecule has 0 aliphatic heterocycles. The maximum atomic E-state index is 10.6. The number of aliphatic carboxylic acids is 1. The quantitative estimate of drug-likeness (QED) is 0.570. The second-order valence-electron chi connectivity index (χ2n) is 7.21. The van der Waals surface area contributed by atoms with Crippen molar-refractivity contribution < 1.29 is 25.2 Å². The van der Waals surface area contributed by atoms with Gasteiger partial charge in [0.2, 0.25) is 0 Å². The van der Waals surface area contributed by atoms with Crippen molar-refractivity contribution in [3.63, 3.8) is 0 Å². The zero-order valence-corrected chi connectivity index (χ0v) is 14.1. The van der Waals surface area contributed by atoms with Crippen LogP contribution in [0.25, 0.3) is 0 Å². The lowest BCUT2D eigenvalue weighted by atomic mass is 9.67. The molecule has 2 aliphatic rings. The van der Waals surface area contributed by atoms with Crippen molar-refractivity contribution in [2.24, 2.45) is 17.8 Å². The van der Waals surface area contributed by atoms with E-state index in [1.807, 2.05) is 12.2 Å². The van der Waals surface area contributed by atoms with E-state index in [1.165, 1.54) is 0 Å². The molecule has 134 valence electrons. The van der Waals surface area contributed by atoms with Crippen molar-refractivity contribution in [3.8, 4) is 0 Å². The van der Waals surface area contributed by atoms with E-state index in [-0.39, 0.29) is 24.7 Å². The van der Waals surface area contributed by atoms with Crippen LogP contribution in [0.1, 0.15) is 39.0 Å². The average Bonchev–Trinajstić information content (AvgIpc) is 2.45. The summed E-state index contributed by atoms with van der Waals surface area (Å²) in [6.45, 7) is 6.17. The molecule has 5 heteroatoms. The summed E-state index contributed by atoms with van der Waals surface area (Å²) < 4.78 is 0. The van der Waals surface area contributed by atoms with Crippen LogP contribution >= 0.6 is 0 Å². The van der Waals surface area contributed by atoms with Gasteiger partial charge in [-0.2, -0.15) is 0 Å². The van der Waals surface area contributed by atoms with Gasteiger partial charge in [-0.25, -0.2) is 0 Å². The van der Waals surface area contributed by atoms with Crippen LogP contribution in [0, 0.1) is 17.8 Å². The summed E-state index contributed by atoms with van der Waals surface area (Å²) in [6, 6.07) is 0. The Morgan fingerprint density at radius 1 is 1.33 bits per heavy atom. The fourth-order valence-corrected chi connectivity index (χ4v) is 3.94. The molecule has 2 rings (SSSR count). The number of carbonyl (C=O) groups is 1. The van der Waals surface area contributed by atoms with Crippen molar-refractivity contribution in [2.45, 2.75) is 57.3 Å². The standard InChI is InChI=1S/C19H28O5/c1-11-7-13-4-3-12(2)16(19(13)17(22)8-11)6-5-14(20)9-15(21)10-18(23)24/h3-4,7,11,14-17,19-22H,2,5-6,8-10H2,1H3,(H,23,24)/t11-,14+,15+,16-,17-,19?/m0/s1. The maximum Gasteiger partial charge on any atom is 0.305 e. The van der Waals surface area contributed by atoms with Crippen molar-refractivity contribution in [1.29, 1.82) is 0 Å². The molecule has 0 saturated carbocycles. The minimum absolute atomic E-state index is 0.00911. The monoisotopic (exact) mass is 336 g/mol. The van der Waals surface area contributed by atoms with E-state index in [2.05, 4.69) is 19.6 Å². The summed E-state index contributed by atoms with van der Waals surface area (Å²) in [5.41, 5.74) is 2.09. The topological polar surface area (TPSA) is 98.0 Å². The highest BCUT2D eigenvalue weighted by atomic mass is 16.4. The van der Waals surface area contributed by atoms with Crippen molar-refractivity contribution in [1.82, 2.24) is 0 Å². The first-order valence-corrected chi connectivity index (χ1v) is 8.62. The van der Waals surface area contributed by atoms with Gasteiger partial charge in [0.15, 0.2) is 0 Å². The maximum absolute atomic E-state index is 10.6. The van der Waals surface area contributed by atoms with Gasteiger partial charge in [0.05, 0.1) is 24.7 Å². The molecule has 0 aromatic rings. The normalized spacial score (nSPS) is 32.0. The molecule has 0 heterocycles. The predicted octanol–water partition coefficient (Wildman–Crippen LogP) is 2.04. The van der Waals surface area contributed by atoms with Gasteiger partial charge in [-0.15, -0.1) is 0 Å².